The van der Waals surface area contributed by atoms with Crippen molar-refractivity contribution < 1.29 is 13.9 Å². The molecule has 1 aromatic carbocycles. The maximum Gasteiger partial charge on any atom is 0.142 e. The minimum absolute atomic E-state index is 0.135. The van der Waals surface area contributed by atoms with Crippen LogP contribution in [0.3, 0.4) is 0 Å². The Balaban J connectivity index is 2.77. The van der Waals surface area contributed by atoms with Crippen LogP contribution in [-0.4, -0.2) is 15.1 Å². The molecule has 0 spiro atoms. The van der Waals surface area contributed by atoms with Crippen LogP contribution < -0.4 is 5.73 Å². The number of hydrogen-bond acceptors (Lipinski definition) is 4. The molecule has 0 fully saturated rings. The molecule has 2 rings (SSSR count). The Morgan fingerprint density at radius 1 is 1.12 bits per heavy atom. The summed E-state index contributed by atoms with van der Waals surface area (Å²) in [6.07, 6.45) is 1.08. The summed E-state index contributed by atoms with van der Waals surface area (Å²) < 4.78 is 27.2. The molecule has 2 aromatic rings. The van der Waals surface area contributed by atoms with Gasteiger partial charge in [0.2, 0.25) is 0 Å². The number of phenols is 1. The fraction of sp³-hybridized carbons (Fsp3) is 0. The van der Waals surface area contributed by atoms with Crippen LogP contribution in [0.1, 0.15) is 0 Å². The van der Waals surface area contributed by atoms with Gasteiger partial charge in [-0.15, -0.1) is 0 Å². The Bertz CT molecular complexity index is 549. The normalized spacial score (nSPS) is 10.5. The smallest absolute Gasteiger partial charge is 0.142 e. The summed E-state index contributed by atoms with van der Waals surface area (Å²) in [4.78, 5) is 7.21. The summed E-state index contributed by atoms with van der Waals surface area (Å²) in [7, 11) is 0. The molecule has 1 heterocycles. The molecule has 4 nitrogen and oxygen atoms in total. The number of phenolic OH excluding ortho intramolecular Hbond substituents is 1. The van der Waals surface area contributed by atoms with Gasteiger partial charge in [-0.1, -0.05) is 11.6 Å². The van der Waals surface area contributed by atoms with E-state index >= 15 is 0 Å². The molecular formula is C10H6ClF2N3O. The second-order valence-corrected chi connectivity index (χ2v) is 3.57. The monoisotopic (exact) mass is 257 g/mol. The molecule has 0 saturated carbocycles. The van der Waals surface area contributed by atoms with E-state index in [4.69, 9.17) is 22.4 Å². The molecule has 88 valence electrons. The van der Waals surface area contributed by atoms with E-state index in [0.717, 1.165) is 18.5 Å². The highest BCUT2D eigenvalue weighted by molar-refractivity contribution is 6.32. The summed E-state index contributed by atoms with van der Waals surface area (Å²) in [6.45, 7) is 0. The SMILES string of the molecule is Nc1ncnc(Cl)c1-c1c(F)cc(O)cc1F. The lowest BCUT2D eigenvalue weighted by molar-refractivity contribution is 0.461. The van der Waals surface area contributed by atoms with Gasteiger partial charge in [0.05, 0.1) is 11.1 Å². The molecule has 1 aromatic heterocycles. The van der Waals surface area contributed by atoms with Crippen molar-refractivity contribution in [1.29, 1.82) is 0 Å². The van der Waals surface area contributed by atoms with E-state index in [9.17, 15) is 8.78 Å². The molecule has 0 aliphatic heterocycles. The van der Waals surface area contributed by atoms with Crippen molar-refractivity contribution in [2.75, 3.05) is 5.73 Å². The number of aromatic nitrogens is 2. The molecule has 3 N–H and O–H groups in total. The highest BCUT2D eigenvalue weighted by Gasteiger charge is 2.19. The molecule has 17 heavy (non-hydrogen) atoms. The maximum absolute atomic E-state index is 13.6. The third-order valence-corrected chi connectivity index (χ3v) is 2.39. The van der Waals surface area contributed by atoms with Crippen molar-refractivity contribution in [3.63, 3.8) is 0 Å². The third kappa shape index (κ3) is 1.99. The lowest BCUT2D eigenvalue weighted by Gasteiger charge is -2.09. The van der Waals surface area contributed by atoms with Crippen LogP contribution in [0, 0.1) is 11.6 Å². The quantitative estimate of drug-likeness (QED) is 0.770. The van der Waals surface area contributed by atoms with E-state index in [1.165, 1.54) is 0 Å². The fourth-order valence-electron chi connectivity index (χ4n) is 1.41. The lowest BCUT2D eigenvalue weighted by atomic mass is 10.1. The first-order chi connectivity index (χ1) is 8.00. The van der Waals surface area contributed by atoms with E-state index < -0.39 is 22.9 Å². The highest BCUT2D eigenvalue weighted by atomic mass is 35.5. The van der Waals surface area contributed by atoms with Gasteiger partial charge in [0.15, 0.2) is 0 Å². The van der Waals surface area contributed by atoms with Gasteiger partial charge in [-0.25, -0.2) is 18.7 Å². The zero-order valence-electron chi connectivity index (χ0n) is 8.28. The molecule has 7 heteroatoms. The number of rotatable bonds is 1. The molecule has 0 atom stereocenters. The molecule has 0 saturated heterocycles. The van der Waals surface area contributed by atoms with Crippen molar-refractivity contribution >= 4 is 17.4 Å². The standard InChI is InChI=1S/C10H6ClF2N3O/c11-9-8(10(14)16-3-15-9)7-5(12)1-4(17)2-6(7)13/h1-3,17H,(H2,14,15,16). The first kappa shape index (κ1) is 11.5. The van der Waals surface area contributed by atoms with Crippen LogP contribution in [0.5, 0.6) is 5.75 Å². The Labute approximate surface area is 99.7 Å². The van der Waals surface area contributed by atoms with Gasteiger partial charge in [0.1, 0.15) is 34.7 Å². The number of aromatic hydroxyl groups is 1. The number of nitrogens with two attached hydrogens (primary N) is 1. The van der Waals surface area contributed by atoms with Crippen LogP contribution >= 0.6 is 11.6 Å². The molecule has 0 bridgehead atoms. The Kier molecular flexibility index (Phi) is 2.81. The fourth-order valence-corrected chi connectivity index (χ4v) is 1.64. The van der Waals surface area contributed by atoms with Crippen molar-refractivity contribution in [2.24, 2.45) is 0 Å². The van der Waals surface area contributed by atoms with Crippen LogP contribution in [-0.2, 0) is 0 Å². The maximum atomic E-state index is 13.6. The number of hydrogen-bond donors (Lipinski definition) is 2. The Hall–Kier alpha value is -1.95. The summed E-state index contributed by atoms with van der Waals surface area (Å²) in [5.41, 5.74) is 4.90. The van der Waals surface area contributed by atoms with E-state index in [-0.39, 0.29) is 16.5 Å². The molecule has 0 aliphatic carbocycles. The number of anilines is 1. The van der Waals surface area contributed by atoms with Gasteiger partial charge in [-0.2, -0.15) is 0 Å². The van der Waals surface area contributed by atoms with Gasteiger partial charge >= 0.3 is 0 Å². The molecule has 0 aliphatic rings. The number of nitrogens with zero attached hydrogens (tertiary/aromatic N) is 2. The van der Waals surface area contributed by atoms with Crippen LogP contribution in [0.25, 0.3) is 11.1 Å². The van der Waals surface area contributed by atoms with Gasteiger partial charge in [-0.3, -0.25) is 0 Å². The second kappa shape index (κ2) is 4.14. The van der Waals surface area contributed by atoms with Gasteiger partial charge in [-0.05, 0) is 0 Å². The van der Waals surface area contributed by atoms with Crippen molar-refractivity contribution in [3.8, 4) is 16.9 Å². The van der Waals surface area contributed by atoms with Gasteiger partial charge in [0.25, 0.3) is 0 Å². The first-order valence-corrected chi connectivity index (χ1v) is 4.83. The molecule has 0 radical (unpaired) electrons. The molecular weight excluding hydrogens is 252 g/mol. The van der Waals surface area contributed by atoms with E-state index in [0.29, 0.717) is 0 Å². The van der Waals surface area contributed by atoms with E-state index in [1.807, 2.05) is 0 Å². The highest BCUT2D eigenvalue weighted by Crippen LogP contribution is 2.35. The Morgan fingerprint density at radius 2 is 1.71 bits per heavy atom. The summed E-state index contributed by atoms with van der Waals surface area (Å²) in [5, 5.41) is 8.86. The van der Waals surface area contributed by atoms with E-state index in [1.54, 1.807) is 0 Å². The number of halogens is 3. The second-order valence-electron chi connectivity index (χ2n) is 3.21. The number of nitrogen functional groups attached to an aromatic ring is 1. The van der Waals surface area contributed by atoms with Gasteiger partial charge < -0.3 is 10.8 Å². The van der Waals surface area contributed by atoms with Crippen LogP contribution in [0.15, 0.2) is 18.5 Å². The minimum Gasteiger partial charge on any atom is -0.508 e. The average molecular weight is 258 g/mol. The largest absolute Gasteiger partial charge is 0.508 e. The van der Waals surface area contributed by atoms with Crippen molar-refractivity contribution in [1.82, 2.24) is 9.97 Å². The molecule has 0 unspecified atom stereocenters. The van der Waals surface area contributed by atoms with Crippen LogP contribution in [0.4, 0.5) is 14.6 Å². The third-order valence-electron chi connectivity index (χ3n) is 2.11. The number of benzene rings is 1. The zero-order valence-corrected chi connectivity index (χ0v) is 9.04. The minimum atomic E-state index is -0.995. The molecule has 0 amide bonds. The summed E-state index contributed by atoms with van der Waals surface area (Å²) in [5.74, 6) is -2.67. The summed E-state index contributed by atoms with van der Waals surface area (Å²) >= 11 is 5.72. The van der Waals surface area contributed by atoms with Crippen molar-refractivity contribution in [2.45, 2.75) is 0 Å². The Morgan fingerprint density at radius 3 is 2.24 bits per heavy atom. The zero-order chi connectivity index (χ0) is 12.6. The summed E-state index contributed by atoms with van der Waals surface area (Å²) in [6, 6.07) is 1.50. The predicted octanol–water partition coefficient (Wildman–Crippen LogP) is 2.36. The van der Waals surface area contributed by atoms with Crippen molar-refractivity contribution in [3.05, 3.63) is 35.2 Å². The topological polar surface area (TPSA) is 72.0 Å². The first-order valence-electron chi connectivity index (χ1n) is 4.45. The van der Waals surface area contributed by atoms with E-state index in [2.05, 4.69) is 9.97 Å². The van der Waals surface area contributed by atoms with Crippen LogP contribution in [0.2, 0.25) is 5.15 Å². The van der Waals surface area contributed by atoms with Gasteiger partial charge in [0, 0.05) is 12.1 Å². The average Bonchev–Trinajstić information content (AvgIpc) is 2.21. The predicted molar refractivity (Wildman–Crippen MR) is 58.5 cm³/mol. The lowest BCUT2D eigenvalue weighted by Crippen LogP contribution is -2.00.